The van der Waals surface area contributed by atoms with Crippen LogP contribution in [0.2, 0.25) is 0 Å². The van der Waals surface area contributed by atoms with Gasteiger partial charge in [0.1, 0.15) is 0 Å². The Morgan fingerprint density at radius 2 is 1.77 bits per heavy atom. The van der Waals surface area contributed by atoms with Gasteiger partial charge in [-0.1, -0.05) is 42.5 Å². The minimum Gasteiger partial charge on any atom is -0.343 e. The van der Waals surface area contributed by atoms with Crippen LogP contribution >= 0.6 is 0 Å². The first-order chi connectivity index (χ1) is 14.6. The van der Waals surface area contributed by atoms with E-state index in [0.29, 0.717) is 6.54 Å². The second-order valence-electron chi connectivity index (χ2n) is 7.44. The molecule has 4 rings (SSSR count). The van der Waals surface area contributed by atoms with Gasteiger partial charge in [-0.05, 0) is 46.9 Å². The van der Waals surface area contributed by atoms with Crippen molar-refractivity contribution in [3.05, 3.63) is 90.4 Å². The first kappa shape index (κ1) is 20.5. The zero-order chi connectivity index (χ0) is 20.9. The fourth-order valence-electron chi connectivity index (χ4n) is 3.60. The Balaban J connectivity index is 1.68. The number of fused-ring (bicyclic) bond motifs is 1. The number of pyridine rings is 1. The van der Waals surface area contributed by atoms with Gasteiger partial charge in [-0.2, -0.15) is 0 Å². The van der Waals surface area contributed by atoms with Gasteiger partial charge in [-0.15, -0.1) is 0 Å². The van der Waals surface area contributed by atoms with E-state index in [1.165, 1.54) is 27.6 Å². The molecular formula is C24H26N4OS. The molecule has 0 aliphatic heterocycles. The van der Waals surface area contributed by atoms with Gasteiger partial charge in [0.05, 0.1) is 0 Å². The average Bonchev–Trinajstić information content (AvgIpc) is 3.11. The SMILES string of the molecule is CN(C)S(=O)NCCc1cn(Cc2ccccc2)c2cc(-c3ccncc3)ccc12. The highest BCUT2D eigenvalue weighted by molar-refractivity contribution is 7.80. The Morgan fingerprint density at radius 1 is 1.00 bits per heavy atom. The number of rotatable bonds is 8. The highest BCUT2D eigenvalue weighted by Crippen LogP contribution is 2.28. The summed E-state index contributed by atoms with van der Waals surface area (Å²) in [7, 11) is 3.60. The van der Waals surface area contributed by atoms with Crippen LogP contribution in [0.15, 0.2) is 79.3 Å². The monoisotopic (exact) mass is 418 g/mol. The molecule has 0 saturated carbocycles. The van der Waals surface area contributed by atoms with Crippen LogP contribution in [-0.2, 0) is 24.1 Å². The third-order valence-electron chi connectivity index (χ3n) is 5.13. The van der Waals surface area contributed by atoms with E-state index in [-0.39, 0.29) is 0 Å². The predicted octanol–water partition coefficient (Wildman–Crippen LogP) is 4.02. The Kier molecular flexibility index (Phi) is 6.38. The zero-order valence-corrected chi connectivity index (χ0v) is 18.1. The van der Waals surface area contributed by atoms with E-state index in [4.69, 9.17) is 0 Å². The van der Waals surface area contributed by atoms with E-state index in [2.05, 4.69) is 62.9 Å². The summed E-state index contributed by atoms with van der Waals surface area (Å²) in [5, 5.41) is 1.24. The van der Waals surface area contributed by atoms with Crippen molar-refractivity contribution in [2.45, 2.75) is 13.0 Å². The second kappa shape index (κ2) is 9.34. The van der Waals surface area contributed by atoms with Crippen molar-refractivity contribution in [3.63, 3.8) is 0 Å². The van der Waals surface area contributed by atoms with Crippen LogP contribution in [0.25, 0.3) is 22.0 Å². The highest BCUT2D eigenvalue weighted by Gasteiger charge is 2.11. The lowest BCUT2D eigenvalue weighted by Gasteiger charge is -2.09. The van der Waals surface area contributed by atoms with Crippen molar-refractivity contribution in [2.24, 2.45) is 0 Å². The lowest BCUT2D eigenvalue weighted by molar-refractivity contribution is 0.588. The van der Waals surface area contributed by atoms with Crippen LogP contribution in [0.5, 0.6) is 0 Å². The highest BCUT2D eigenvalue weighted by atomic mass is 32.2. The van der Waals surface area contributed by atoms with Gasteiger partial charge >= 0.3 is 0 Å². The molecule has 1 unspecified atom stereocenters. The molecule has 1 N–H and O–H groups in total. The summed E-state index contributed by atoms with van der Waals surface area (Å²) in [6.07, 6.45) is 6.69. The molecule has 0 aliphatic rings. The fraction of sp³-hybridized carbons (Fsp3) is 0.208. The van der Waals surface area contributed by atoms with Crippen LogP contribution in [-0.4, -0.2) is 38.7 Å². The molecule has 4 aromatic rings. The summed E-state index contributed by atoms with van der Waals surface area (Å²) >= 11 is -1.16. The minimum absolute atomic E-state index is 0.654. The molecule has 6 heteroatoms. The van der Waals surface area contributed by atoms with Crippen LogP contribution in [0, 0.1) is 0 Å². The topological polar surface area (TPSA) is 50.2 Å². The number of hydrogen-bond donors (Lipinski definition) is 1. The standard InChI is InChI=1S/C24H26N4OS/c1-27(2)30(29)26-15-12-22-18-28(17-19-6-4-3-5-7-19)24-16-21(8-9-23(22)24)20-10-13-25-14-11-20/h3-11,13-14,16,18,26H,12,15,17H2,1-2H3. The quantitative estimate of drug-likeness (QED) is 0.470. The van der Waals surface area contributed by atoms with Crippen molar-refractivity contribution in [1.29, 1.82) is 0 Å². The molecular weight excluding hydrogens is 392 g/mol. The van der Waals surface area contributed by atoms with E-state index >= 15 is 0 Å². The zero-order valence-electron chi connectivity index (χ0n) is 17.3. The van der Waals surface area contributed by atoms with Crippen LogP contribution in [0.4, 0.5) is 0 Å². The Hall–Kier alpha value is -2.80. The Bertz CT molecular complexity index is 1140. The van der Waals surface area contributed by atoms with Crippen LogP contribution in [0.1, 0.15) is 11.1 Å². The van der Waals surface area contributed by atoms with Crippen LogP contribution in [0.3, 0.4) is 0 Å². The van der Waals surface area contributed by atoms with E-state index in [0.717, 1.165) is 18.5 Å². The van der Waals surface area contributed by atoms with Gasteiger partial charge in [0.25, 0.3) is 0 Å². The first-order valence-corrected chi connectivity index (χ1v) is 11.1. The molecule has 0 radical (unpaired) electrons. The molecule has 154 valence electrons. The Morgan fingerprint density at radius 3 is 2.50 bits per heavy atom. The number of benzene rings is 2. The molecule has 2 aromatic carbocycles. The lowest BCUT2D eigenvalue weighted by Crippen LogP contribution is -2.30. The molecule has 0 amide bonds. The van der Waals surface area contributed by atoms with Gasteiger partial charge in [0.2, 0.25) is 0 Å². The number of hydrogen-bond acceptors (Lipinski definition) is 2. The third-order valence-corrected chi connectivity index (χ3v) is 6.24. The molecule has 2 aromatic heterocycles. The number of nitrogens with one attached hydrogen (secondary N) is 1. The van der Waals surface area contributed by atoms with Crippen molar-refractivity contribution in [2.75, 3.05) is 20.6 Å². The molecule has 1 atom stereocenters. The summed E-state index contributed by atoms with van der Waals surface area (Å²) in [5.74, 6) is 0. The van der Waals surface area contributed by atoms with E-state index in [1.54, 1.807) is 18.4 Å². The fourth-order valence-corrected chi connectivity index (χ4v) is 4.14. The second-order valence-corrected chi connectivity index (χ2v) is 8.96. The van der Waals surface area contributed by atoms with E-state index < -0.39 is 11.2 Å². The molecule has 2 heterocycles. The van der Waals surface area contributed by atoms with Gasteiger partial charge in [0, 0.05) is 56.7 Å². The number of nitrogens with zero attached hydrogens (tertiary/aromatic N) is 3. The molecule has 30 heavy (non-hydrogen) atoms. The van der Waals surface area contributed by atoms with E-state index in [1.807, 2.05) is 30.6 Å². The predicted molar refractivity (Wildman–Crippen MR) is 124 cm³/mol. The van der Waals surface area contributed by atoms with Crippen molar-refractivity contribution in [1.82, 2.24) is 18.6 Å². The van der Waals surface area contributed by atoms with Gasteiger partial charge in [-0.3, -0.25) is 4.98 Å². The number of aromatic nitrogens is 2. The molecule has 5 nitrogen and oxygen atoms in total. The summed E-state index contributed by atoms with van der Waals surface area (Å²) < 4.78 is 19.0. The maximum Gasteiger partial charge on any atom is 0.169 e. The lowest BCUT2D eigenvalue weighted by atomic mass is 10.0. The molecule has 0 fully saturated rings. The van der Waals surface area contributed by atoms with Gasteiger partial charge in [0.15, 0.2) is 11.2 Å². The minimum atomic E-state index is -1.16. The molecule has 0 aliphatic carbocycles. The Labute approximate surface area is 180 Å². The smallest absolute Gasteiger partial charge is 0.169 e. The van der Waals surface area contributed by atoms with Crippen LogP contribution < -0.4 is 4.72 Å². The van der Waals surface area contributed by atoms with Gasteiger partial charge in [-0.25, -0.2) is 13.2 Å². The van der Waals surface area contributed by atoms with Crippen molar-refractivity contribution >= 4 is 22.1 Å². The molecule has 0 bridgehead atoms. The first-order valence-electron chi connectivity index (χ1n) is 10.0. The summed E-state index contributed by atoms with van der Waals surface area (Å²) in [6.45, 7) is 1.47. The van der Waals surface area contributed by atoms with Crippen molar-refractivity contribution in [3.8, 4) is 11.1 Å². The third kappa shape index (κ3) is 4.67. The normalized spacial score (nSPS) is 12.5. The maximum absolute atomic E-state index is 12.0. The largest absolute Gasteiger partial charge is 0.343 e. The van der Waals surface area contributed by atoms with Crippen molar-refractivity contribution < 1.29 is 4.21 Å². The summed E-state index contributed by atoms with van der Waals surface area (Å²) in [5.41, 5.74) is 6.06. The molecule has 0 saturated heterocycles. The molecule has 0 spiro atoms. The van der Waals surface area contributed by atoms with Gasteiger partial charge < -0.3 is 4.57 Å². The summed E-state index contributed by atoms with van der Waals surface area (Å²) in [6, 6.07) is 21.2. The summed E-state index contributed by atoms with van der Waals surface area (Å²) in [4.78, 5) is 4.13. The average molecular weight is 419 g/mol. The maximum atomic E-state index is 12.0. The van der Waals surface area contributed by atoms with E-state index in [9.17, 15) is 4.21 Å².